The molecule has 0 saturated heterocycles. The van der Waals surface area contributed by atoms with E-state index in [1.54, 1.807) is 0 Å². The molecule has 0 heterocycles. The van der Waals surface area contributed by atoms with Crippen molar-refractivity contribution in [1.29, 1.82) is 0 Å². The number of hydrogen-bond acceptors (Lipinski definition) is 7. The summed E-state index contributed by atoms with van der Waals surface area (Å²) in [6, 6.07) is 10.6. The minimum atomic E-state index is -0.947. The maximum atomic E-state index is 9.30. The predicted octanol–water partition coefficient (Wildman–Crippen LogP) is -4.27. The molecule has 10 nitrogen and oxygen atoms in total. The maximum Gasteiger partial charge on any atom is 0.104 e. The summed E-state index contributed by atoms with van der Waals surface area (Å²) >= 11 is 0. The second-order valence-corrected chi connectivity index (χ2v) is 15.8. The van der Waals surface area contributed by atoms with Crippen LogP contribution in [-0.2, 0) is 20.8 Å². The molecule has 4 N–H and O–H groups in total. The van der Waals surface area contributed by atoms with Gasteiger partial charge in [-0.05, 0) is 25.7 Å². The fourth-order valence-electron chi connectivity index (χ4n) is 5.16. The lowest BCUT2D eigenvalue weighted by atomic mass is 10.1. The first-order chi connectivity index (χ1) is 23.6. The molecule has 0 amide bonds. The lowest BCUT2D eigenvalue weighted by Crippen LogP contribution is -3.00. The first-order valence-electron chi connectivity index (χ1n) is 19.5. The van der Waals surface area contributed by atoms with Crippen LogP contribution in [0, 0.1) is 0 Å². The Balaban J connectivity index is -0.000000221. The van der Waals surface area contributed by atoms with Crippen LogP contribution in [-0.4, -0.2) is 173 Å². The van der Waals surface area contributed by atoms with E-state index in [9.17, 15) is 10.2 Å². The molecule has 13 heteroatoms. The Morgan fingerprint density at radius 3 is 1.36 bits per heavy atom. The van der Waals surface area contributed by atoms with E-state index in [0.717, 1.165) is 22.1 Å². The Morgan fingerprint density at radius 2 is 0.981 bits per heavy atom. The molecule has 1 aromatic carbocycles. The number of halogens is 3. The van der Waals surface area contributed by atoms with Crippen LogP contribution in [0.25, 0.3) is 0 Å². The van der Waals surface area contributed by atoms with E-state index in [0.29, 0.717) is 6.61 Å². The van der Waals surface area contributed by atoms with Crippen molar-refractivity contribution in [3.05, 3.63) is 35.9 Å². The van der Waals surface area contributed by atoms with E-state index in [1.165, 1.54) is 87.6 Å². The molecule has 0 fully saturated rings. The quantitative estimate of drug-likeness (QED) is 0.0500. The molecule has 0 saturated carbocycles. The summed E-state index contributed by atoms with van der Waals surface area (Å²) in [6.07, 6.45) is 8.77. The van der Waals surface area contributed by atoms with E-state index >= 15 is 0 Å². The Labute approximate surface area is 349 Å². The van der Waals surface area contributed by atoms with E-state index in [-0.39, 0.29) is 81.4 Å². The van der Waals surface area contributed by atoms with Gasteiger partial charge in [0, 0.05) is 5.56 Å². The largest absolute Gasteiger partial charge is 1.00 e. The number of benzene rings is 1. The normalized spacial score (nSPS) is 13.1. The monoisotopic (exact) mass is 867 g/mol. The van der Waals surface area contributed by atoms with Crippen LogP contribution in [0.15, 0.2) is 30.3 Å². The first-order valence-corrected chi connectivity index (χ1v) is 19.5. The molecule has 0 aliphatic carbocycles. The average Bonchev–Trinajstić information content (AvgIpc) is 3.07. The molecule has 0 radical (unpaired) electrons. The third-order valence-corrected chi connectivity index (χ3v) is 8.21. The van der Waals surface area contributed by atoms with Crippen LogP contribution < -0.4 is 41.8 Å². The summed E-state index contributed by atoms with van der Waals surface area (Å²) in [5.74, 6) is 0. The molecule has 3 unspecified atom stereocenters. The number of likely N-dealkylation sites (N-methyl/N-ethyl adjacent to an activating group) is 1. The van der Waals surface area contributed by atoms with Crippen LogP contribution in [0.1, 0.15) is 84.6 Å². The van der Waals surface area contributed by atoms with Gasteiger partial charge in [0.15, 0.2) is 0 Å². The second kappa shape index (κ2) is 38.7. The van der Waals surface area contributed by atoms with Crippen LogP contribution in [0.3, 0.4) is 0 Å². The van der Waals surface area contributed by atoms with Gasteiger partial charge in [-0.3, -0.25) is 0 Å². The standard InChI is InChI=1S/C16H36N.C14H32NO7.C10H16N.BrH.2ClH/c1-5-9-13-17(14-10-6-2,15-11-7-3)16-12-8-4;1-15(2,3)4-5-20-10-14(22-9-13(19)7-17)11-21-8-12(18)6-16;1-11(2,3)9-10-7-5-4-6-8-10;;;/h5-16H2,1-4H3;12-14,16-19H,4-11H2,1-3H3;4-8H,9H2,1-3H3;3*1H/q3*+1;;;/p-3. The number of aliphatic hydroxyl groups is 4. The molecule has 0 aromatic heterocycles. The number of nitrogens with zero attached hydrogens (tertiary/aromatic N) is 3. The van der Waals surface area contributed by atoms with Gasteiger partial charge in [-0.2, -0.15) is 0 Å². The third kappa shape index (κ3) is 41.3. The lowest BCUT2D eigenvalue weighted by Gasteiger charge is -2.39. The highest BCUT2D eigenvalue weighted by Gasteiger charge is 2.24. The lowest BCUT2D eigenvalue weighted by molar-refractivity contribution is -0.929. The zero-order valence-electron chi connectivity index (χ0n) is 35.5. The average molecular weight is 870 g/mol. The summed E-state index contributed by atoms with van der Waals surface area (Å²) in [4.78, 5) is 0. The van der Waals surface area contributed by atoms with E-state index in [2.05, 4.69) is 100 Å². The highest BCUT2D eigenvalue weighted by molar-refractivity contribution is 5.13. The van der Waals surface area contributed by atoms with E-state index < -0.39 is 18.3 Å². The summed E-state index contributed by atoms with van der Waals surface area (Å²) in [5, 5.41) is 36.0. The van der Waals surface area contributed by atoms with Crippen molar-refractivity contribution in [1.82, 2.24) is 0 Å². The van der Waals surface area contributed by atoms with Crippen molar-refractivity contribution in [3.8, 4) is 0 Å². The highest BCUT2D eigenvalue weighted by Crippen LogP contribution is 2.16. The van der Waals surface area contributed by atoms with Crippen molar-refractivity contribution in [2.75, 3.05) is 121 Å². The molecule has 0 aliphatic heterocycles. The van der Waals surface area contributed by atoms with Gasteiger partial charge >= 0.3 is 0 Å². The number of hydrogen-bond donors (Lipinski definition) is 4. The first kappa shape index (κ1) is 62.1. The highest BCUT2D eigenvalue weighted by atomic mass is 79.9. The van der Waals surface area contributed by atoms with E-state index in [1.807, 2.05) is 0 Å². The van der Waals surface area contributed by atoms with Gasteiger partial charge in [0.05, 0.1) is 115 Å². The molecule has 0 aliphatic rings. The minimum Gasteiger partial charge on any atom is -1.00 e. The van der Waals surface area contributed by atoms with Gasteiger partial charge in [0.2, 0.25) is 0 Å². The number of ether oxygens (including phenoxy) is 3. The van der Waals surface area contributed by atoms with Crippen molar-refractivity contribution < 1.29 is 89.9 Å². The smallest absolute Gasteiger partial charge is 0.104 e. The molecule has 53 heavy (non-hydrogen) atoms. The molecule has 0 spiro atoms. The number of aliphatic hydroxyl groups excluding tert-OH is 4. The zero-order chi connectivity index (χ0) is 38.3. The van der Waals surface area contributed by atoms with Crippen LogP contribution in [0.2, 0.25) is 0 Å². The van der Waals surface area contributed by atoms with Crippen molar-refractivity contribution in [2.45, 2.75) is 104 Å². The van der Waals surface area contributed by atoms with Crippen LogP contribution >= 0.6 is 0 Å². The van der Waals surface area contributed by atoms with Crippen molar-refractivity contribution >= 4 is 0 Å². The Bertz CT molecular complexity index is 831. The fraction of sp³-hybridized carbons (Fsp3) is 0.850. The van der Waals surface area contributed by atoms with Crippen LogP contribution in [0.4, 0.5) is 0 Å². The molecule has 3 atom stereocenters. The van der Waals surface area contributed by atoms with Crippen molar-refractivity contribution in [2.24, 2.45) is 0 Å². The predicted molar refractivity (Wildman–Crippen MR) is 208 cm³/mol. The summed E-state index contributed by atoms with van der Waals surface area (Å²) in [7, 11) is 12.8. The molecule has 0 bridgehead atoms. The number of rotatable bonds is 28. The maximum absolute atomic E-state index is 9.30. The zero-order valence-corrected chi connectivity index (χ0v) is 38.6. The van der Waals surface area contributed by atoms with Crippen LogP contribution in [0.5, 0.6) is 0 Å². The van der Waals surface area contributed by atoms with Gasteiger partial charge in [-0.15, -0.1) is 0 Å². The van der Waals surface area contributed by atoms with Crippen molar-refractivity contribution in [3.63, 3.8) is 0 Å². The Hall–Kier alpha value is -0.120. The van der Waals surface area contributed by atoms with E-state index in [4.69, 9.17) is 24.4 Å². The second-order valence-electron chi connectivity index (χ2n) is 15.8. The molecule has 1 rings (SSSR count). The molecular weight excluding hydrogens is 785 g/mol. The Kier molecular flexibility index (Phi) is 45.4. The topological polar surface area (TPSA) is 109 Å². The molecule has 322 valence electrons. The number of unbranched alkanes of at least 4 members (excludes halogenated alkanes) is 4. The number of quaternary nitrogens is 3. The molecular formula is C40H84BrCl2N3O7. The summed E-state index contributed by atoms with van der Waals surface area (Å²) in [5.41, 5.74) is 1.40. The summed E-state index contributed by atoms with van der Waals surface area (Å²) in [6.45, 7) is 17.2. The van der Waals surface area contributed by atoms with Gasteiger partial charge < -0.3 is 89.9 Å². The summed E-state index contributed by atoms with van der Waals surface area (Å²) < 4.78 is 19.4. The fourth-order valence-corrected chi connectivity index (χ4v) is 5.16. The van der Waals surface area contributed by atoms with Gasteiger partial charge in [0.1, 0.15) is 31.4 Å². The molecule has 1 aromatic rings. The van der Waals surface area contributed by atoms with Gasteiger partial charge in [-0.25, -0.2) is 0 Å². The van der Waals surface area contributed by atoms with Gasteiger partial charge in [0.25, 0.3) is 0 Å². The third-order valence-electron chi connectivity index (χ3n) is 8.21. The minimum absolute atomic E-state index is 0. The SMILES string of the molecule is CCCC[N+](CCCC)(CCCC)CCCC.C[N+](C)(C)CCOCC(COCC(O)CO)OCC(O)CO.C[N+](C)(C)Cc1ccccc1.[Br-].[Cl-].[Cl-]. The Morgan fingerprint density at radius 1 is 0.566 bits per heavy atom. The van der Waals surface area contributed by atoms with Gasteiger partial charge in [-0.1, -0.05) is 83.7 Å².